The third kappa shape index (κ3) is 4.97. The first-order chi connectivity index (χ1) is 15.1. The Morgan fingerprint density at radius 2 is 1.94 bits per heavy atom. The number of hydrogen-bond donors (Lipinski definition) is 3. The monoisotopic (exact) mass is 473 g/mol. The third-order valence-electron chi connectivity index (χ3n) is 5.11. The molecule has 1 aliphatic carbocycles. The molecule has 2 atom stereocenters. The zero-order chi connectivity index (χ0) is 23.0. The van der Waals surface area contributed by atoms with Gasteiger partial charge in [0.05, 0.1) is 16.4 Å². The lowest BCUT2D eigenvalue weighted by Gasteiger charge is -2.24. The highest BCUT2D eigenvalue weighted by molar-refractivity contribution is 7.22. The van der Waals surface area contributed by atoms with Crippen molar-refractivity contribution in [2.24, 2.45) is 0 Å². The lowest BCUT2D eigenvalue weighted by Crippen LogP contribution is -2.45. The first-order valence-corrected chi connectivity index (χ1v) is 11.5. The number of thiophene rings is 1. The van der Waals surface area contributed by atoms with Crippen LogP contribution in [0.4, 0.5) is 0 Å². The Morgan fingerprint density at radius 3 is 2.66 bits per heavy atom. The molecule has 0 saturated carbocycles. The molecule has 0 aliphatic heterocycles. The molecule has 3 aromatic rings. The molecule has 0 spiro atoms. The molecule has 32 heavy (non-hydrogen) atoms. The van der Waals surface area contributed by atoms with Crippen molar-refractivity contribution in [3.8, 4) is 0 Å². The molecule has 0 radical (unpaired) electrons. The molecular formula is C23H24ClN3O4S. The van der Waals surface area contributed by atoms with E-state index in [1.807, 2.05) is 24.3 Å². The van der Waals surface area contributed by atoms with Crippen LogP contribution < -0.4 is 10.6 Å². The van der Waals surface area contributed by atoms with Crippen LogP contribution in [0.2, 0.25) is 4.34 Å². The molecule has 0 unspecified atom stereocenters. The molecule has 1 aromatic carbocycles. The zero-order valence-electron chi connectivity index (χ0n) is 18.0. The van der Waals surface area contributed by atoms with Gasteiger partial charge in [-0.05, 0) is 50.5 Å². The standard InChI is InChI=1S/C23H24ClN3O4S/c1-23(2,3)31-19(29)11-18(28)27-20-14-7-5-4-6-12(14)8-15(20)25-21(30)16-9-13-10-17(24)32-22(13)26-16/h4-7,9-10,15,20,26H,8,11H2,1-3H3,(H,25,30)(H,27,28)/t15-,20+/m1/s1. The van der Waals surface area contributed by atoms with Crippen LogP contribution in [0.1, 0.15) is 54.8 Å². The van der Waals surface area contributed by atoms with Gasteiger partial charge in [-0.3, -0.25) is 14.4 Å². The normalized spacial score (nSPS) is 17.8. The minimum atomic E-state index is -0.665. The van der Waals surface area contributed by atoms with Crippen LogP contribution in [-0.4, -0.2) is 34.4 Å². The van der Waals surface area contributed by atoms with E-state index in [1.54, 1.807) is 32.9 Å². The van der Waals surface area contributed by atoms with E-state index in [1.165, 1.54) is 11.3 Å². The number of aromatic nitrogens is 1. The molecule has 2 aromatic heterocycles. The minimum absolute atomic E-state index is 0.270. The van der Waals surface area contributed by atoms with Crippen molar-refractivity contribution in [2.75, 3.05) is 0 Å². The van der Waals surface area contributed by atoms with Crippen molar-refractivity contribution in [1.29, 1.82) is 0 Å². The summed E-state index contributed by atoms with van der Waals surface area (Å²) in [5, 5.41) is 6.81. The van der Waals surface area contributed by atoms with E-state index < -0.39 is 23.5 Å². The van der Waals surface area contributed by atoms with Gasteiger partial charge in [0.1, 0.15) is 22.5 Å². The summed E-state index contributed by atoms with van der Waals surface area (Å²) < 4.78 is 5.89. The van der Waals surface area contributed by atoms with Gasteiger partial charge in [-0.2, -0.15) is 0 Å². The van der Waals surface area contributed by atoms with Gasteiger partial charge in [-0.1, -0.05) is 35.9 Å². The third-order valence-corrected chi connectivity index (χ3v) is 6.31. The number of esters is 1. The number of amides is 2. The maximum absolute atomic E-state index is 12.9. The molecule has 0 bridgehead atoms. The Labute approximate surface area is 194 Å². The number of carbonyl (C=O) groups excluding carboxylic acids is 3. The van der Waals surface area contributed by atoms with Crippen LogP contribution in [-0.2, 0) is 20.7 Å². The molecular weight excluding hydrogens is 450 g/mol. The number of hydrogen-bond acceptors (Lipinski definition) is 5. The van der Waals surface area contributed by atoms with Gasteiger partial charge in [0.2, 0.25) is 5.91 Å². The van der Waals surface area contributed by atoms with Crippen molar-refractivity contribution < 1.29 is 19.1 Å². The smallest absolute Gasteiger partial charge is 0.315 e. The number of benzene rings is 1. The van der Waals surface area contributed by atoms with E-state index in [-0.39, 0.29) is 18.4 Å². The van der Waals surface area contributed by atoms with Crippen molar-refractivity contribution >= 4 is 50.9 Å². The molecule has 0 saturated heterocycles. The summed E-state index contributed by atoms with van der Waals surface area (Å²) in [4.78, 5) is 41.5. The van der Waals surface area contributed by atoms with Gasteiger partial charge < -0.3 is 20.4 Å². The van der Waals surface area contributed by atoms with E-state index in [0.29, 0.717) is 16.5 Å². The number of H-pyrrole nitrogens is 1. The minimum Gasteiger partial charge on any atom is -0.460 e. The largest absolute Gasteiger partial charge is 0.460 e. The summed E-state index contributed by atoms with van der Waals surface area (Å²) >= 11 is 7.38. The number of halogens is 1. The SMILES string of the molecule is CC(C)(C)OC(=O)CC(=O)N[C@H]1c2ccccc2C[C@H]1NC(=O)c1cc2cc(Cl)sc2[nH]1. The molecule has 3 N–H and O–H groups in total. The fraction of sp³-hybridized carbons (Fsp3) is 0.348. The van der Waals surface area contributed by atoms with E-state index in [2.05, 4.69) is 15.6 Å². The predicted octanol–water partition coefficient (Wildman–Crippen LogP) is 4.13. The average Bonchev–Trinajstić information content (AvgIpc) is 3.31. The number of rotatable bonds is 5. The lowest BCUT2D eigenvalue weighted by atomic mass is 10.1. The highest BCUT2D eigenvalue weighted by atomic mass is 35.5. The molecule has 9 heteroatoms. The lowest BCUT2D eigenvalue weighted by molar-refractivity contribution is -0.156. The van der Waals surface area contributed by atoms with Crippen LogP contribution in [0.3, 0.4) is 0 Å². The summed E-state index contributed by atoms with van der Waals surface area (Å²) in [6, 6.07) is 10.5. The fourth-order valence-electron chi connectivity index (χ4n) is 3.90. The second kappa shape index (κ2) is 8.60. The number of aromatic amines is 1. The molecule has 7 nitrogen and oxygen atoms in total. The summed E-state index contributed by atoms with van der Waals surface area (Å²) in [5.74, 6) is -1.31. The molecule has 0 fully saturated rings. The van der Waals surface area contributed by atoms with Crippen LogP contribution in [0, 0.1) is 0 Å². The van der Waals surface area contributed by atoms with Crippen molar-refractivity contribution in [3.63, 3.8) is 0 Å². The maximum Gasteiger partial charge on any atom is 0.315 e. The molecule has 4 rings (SSSR count). The van der Waals surface area contributed by atoms with Crippen LogP contribution in [0.5, 0.6) is 0 Å². The van der Waals surface area contributed by atoms with Crippen molar-refractivity contribution in [1.82, 2.24) is 15.6 Å². The van der Waals surface area contributed by atoms with Gasteiger partial charge in [0.25, 0.3) is 5.91 Å². The second-order valence-electron chi connectivity index (χ2n) is 8.81. The number of fused-ring (bicyclic) bond motifs is 2. The van der Waals surface area contributed by atoms with Crippen molar-refractivity contribution in [2.45, 2.75) is 51.3 Å². The Morgan fingerprint density at radius 1 is 1.19 bits per heavy atom. The Bertz CT molecular complexity index is 1160. The van der Waals surface area contributed by atoms with Gasteiger partial charge in [-0.15, -0.1) is 11.3 Å². The summed E-state index contributed by atoms with van der Waals surface area (Å²) in [5.41, 5.74) is 1.73. The van der Waals surface area contributed by atoms with Crippen LogP contribution in [0.15, 0.2) is 36.4 Å². The molecule has 168 valence electrons. The van der Waals surface area contributed by atoms with E-state index in [0.717, 1.165) is 21.3 Å². The first-order valence-electron chi connectivity index (χ1n) is 10.3. The van der Waals surface area contributed by atoms with E-state index in [9.17, 15) is 14.4 Å². The van der Waals surface area contributed by atoms with E-state index in [4.69, 9.17) is 16.3 Å². The topological polar surface area (TPSA) is 100 Å². The van der Waals surface area contributed by atoms with Crippen molar-refractivity contribution in [3.05, 3.63) is 57.6 Å². The van der Waals surface area contributed by atoms with Gasteiger partial charge in [-0.25, -0.2) is 0 Å². The number of ether oxygens (including phenoxy) is 1. The van der Waals surface area contributed by atoms with Gasteiger partial charge >= 0.3 is 5.97 Å². The maximum atomic E-state index is 12.9. The second-order valence-corrected chi connectivity index (χ2v) is 10.5. The predicted molar refractivity (Wildman–Crippen MR) is 124 cm³/mol. The summed E-state index contributed by atoms with van der Waals surface area (Å²) in [6.07, 6.45) is 0.185. The number of nitrogens with one attached hydrogen (secondary N) is 3. The highest BCUT2D eigenvalue weighted by Crippen LogP contribution is 2.33. The van der Waals surface area contributed by atoms with E-state index >= 15 is 0 Å². The average molecular weight is 474 g/mol. The molecule has 2 heterocycles. The molecule has 1 aliphatic rings. The van der Waals surface area contributed by atoms with Gasteiger partial charge in [0, 0.05) is 5.39 Å². The summed E-state index contributed by atoms with van der Waals surface area (Å²) in [7, 11) is 0. The van der Waals surface area contributed by atoms with Crippen LogP contribution in [0.25, 0.3) is 10.2 Å². The zero-order valence-corrected chi connectivity index (χ0v) is 19.5. The first kappa shape index (κ1) is 22.4. The van der Waals surface area contributed by atoms with Gasteiger partial charge in [0.15, 0.2) is 0 Å². The number of carbonyl (C=O) groups is 3. The summed E-state index contributed by atoms with van der Waals surface area (Å²) in [6.45, 7) is 5.25. The highest BCUT2D eigenvalue weighted by Gasteiger charge is 2.35. The Hall–Kier alpha value is -2.84. The quantitative estimate of drug-likeness (QED) is 0.383. The fourth-order valence-corrected chi connectivity index (χ4v) is 5.03. The Kier molecular flexibility index (Phi) is 6.01. The van der Waals surface area contributed by atoms with Crippen LogP contribution >= 0.6 is 22.9 Å². The Balaban J connectivity index is 1.48. The molecule has 2 amide bonds.